The van der Waals surface area contributed by atoms with Crippen LogP contribution in [-0.4, -0.2) is 31.1 Å². The lowest BCUT2D eigenvalue weighted by Crippen LogP contribution is -2.29. The zero-order valence-electron chi connectivity index (χ0n) is 7.01. The molecule has 0 saturated carbocycles. The Kier molecular flexibility index (Phi) is 6.55. The van der Waals surface area contributed by atoms with Crippen LogP contribution in [0.25, 0.3) is 0 Å². The van der Waals surface area contributed by atoms with Gasteiger partial charge in [0, 0.05) is 19.6 Å². The molecule has 0 spiro atoms. The Morgan fingerprint density at radius 3 is 2.60 bits per heavy atom. The first-order valence-electron chi connectivity index (χ1n) is 3.88. The molecule has 0 fully saturated rings. The van der Waals surface area contributed by atoms with Crippen LogP contribution in [0.1, 0.15) is 13.8 Å². The summed E-state index contributed by atoms with van der Waals surface area (Å²) in [5.74, 6) is 0. The van der Waals surface area contributed by atoms with Gasteiger partial charge < -0.3 is 5.73 Å². The van der Waals surface area contributed by atoms with Crippen molar-refractivity contribution in [3.8, 4) is 0 Å². The normalized spacial score (nSPS) is 11.6. The largest absolute Gasteiger partial charge is 0.329 e. The predicted octanol–water partition coefficient (Wildman–Crippen LogP) is 0.843. The molecule has 0 aliphatic heterocycles. The van der Waals surface area contributed by atoms with E-state index in [1.54, 1.807) is 0 Å². The van der Waals surface area contributed by atoms with E-state index in [2.05, 4.69) is 24.0 Å². The van der Waals surface area contributed by atoms with Gasteiger partial charge in [-0.05, 0) is 13.5 Å². The number of nitrogens with two attached hydrogens (primary N) is 1. The molecule has 0 saturated heterocycles. The Balaban J connectivity index is 3.39. The highest BCUT2D eigenvalue weighted by atomic mass is 15.1. The van der Waals surface area contributed by atoms with Crippen molar-refractivity contribution in [1.29, 1.82) is 0 Å². The van der Waals surface area contributed by atoms with Crippen molar-refractivity contribution < 1.29 is 0 Å². The molecular formula is C8H18N2. The van der Waals surface area contributed by atoms with Crippen molar-refractivity contribution >= 4 is 0 Å². The van der Waals surface area contributed by atoms with Gasteiger partial charge in [-0.15, -0.1) is 0 Å². The van der Waals surface area contributed by atoms with E-state index in [0.29, 0.717) is 0 Å². The maximum Gasteiger partial charge on any atom is 0.0163 e. The van der Waals surface area contributed by atoms with Crippen LogP contribution in [0, 0.1) is 0 Å². The predicted molar refractivity (Wildman–Crippen MR) is 46.0 cm³/mol. The van der Waals surface area contributed by atoms with Gasteiger partial charge in [0.15, 0.2) is 0 Å². The van der Waals surface area contributed by atoms with Crippen LogP contribution in [0.4, 0.5) is 0 Å². The van der Waals surface area contributed by atoms with Crippen molar-refractivity contribution in [2.45, 2.75) is 13.8 Å². The number of rotatable bonds is 5. The quantitative estimate of drug-likeness (QED) is 0.576. The SMILES string of the molecule is C/C=C/CN(CC)CCN. The van der Waals surface area contributed by atoms with E-state index in [0.717, 1.165) is 26.2 Å². The summed E-state index contributed by atoms with van der Waals surface area (Å²) in [4.78, 5) is 2.31. The maximum atomic E-state index is 5.41. The number of hydrogen-bond acceptors (Lipinski definition) is 2. The van der Waals surface area contributed by atoms with Gasteiger partial charge in [-0.2, -0.15) is 0 Å². The Labute approximate surface area is 63.7 Å². The molecule has 0 aromatic carbocycles. The molecule has 0 atom stereocenters. The average molecular weight is 142 g/mol. The highest BCUT2D eigenvalue weighted by Gasteiger charge is 1.94. The van der Waals surface area contributed by atoms with Crippen molar-refractivity contribution in [3.05, 3.63) is 12.2 Å². The van der Waals surface area contributed by atoms with Gasteiger partial charge in [-0.25, -0.2) is 0 Å². The molecule has 0 aromatic rings. The molecule has 10 heavy (non-hydrogen) atoms. The monoisotopic (exact) mass is 142 g/mol. The number of likely N-dealkylation sites (N-methyl/N-ethyl adjacent to an activating group) is 1. The minimum absolute atomic E-state index is 0.755. The number of hydrogen-bond donors (Lipinski definition) is 1. The molecule has 2 heteroatoms. The van der Waals surface area contributed by atoms with Gasteiger partial charge in [0.25, 0.3) is 0 Å². The fraction of sp³-hybridized carbons (Fsp3) is 0.750. The fourth-order valence-corrected chi connectivity index (χ4v) is 0.816. The standard InChI is InChI=1S/C8H18N2/c1-3-5-7-10(4-2)8-6-9/h3,5H,4,6-9H2,1-2H3/b5-3+. The van der Waals surface area contributed by atoms with E-state index in [9.17, 15) is 0 Å². The molecule has 0 unspecified atom stereocenters. The molecule has 2 nitrogen and oxygen atoms in total. The Bertz CT molecular complexity index is 89.3. The highest BCUT2D eigenvalue weighted by molar-refractivity contribution is 4.80. The summed E-state index contributed by atoms with van der Waals surface area (Å²) >= 11 is 0. The molecule has 2 N–H and O–H groups in total. The first kappa shape index (κ1) is 9.66. The molecule has 0 rings (SSSR count). The summed E-state index contributed by atoms with van der Waals surface area (Å²) in [6.07, 6.45) is 4.22. The van der Waals surface area contributed by atoms with E-state index in [1.807, 2.05) is 6.92 Å². The van der Waals surface area contributed by atoms with E-state index in [-0.39, 0.29) is 0 Å². The minimum Gasteiger partial charge on any atom is -0.329 e. The molecule has 0 radical (unpaired) electrons. The van der Waals surface area contributed by atoms with E-state index in [1.165, 1.54) is 0 Å². The van der Waals surface area contributed by atoms with Gasteiger partial charge in [-0.1, -0.05) is 19.1 Å². The number of allylic oxidation sites excluding steroid dienone is 1. The van der Waals surface area contributed by atoms with Gasteiger partial charge >= 0.3 is 0 Å². The summed E-state index contributed by atoms with van der Waals surface area (Å²) in [5.41, 5.74) is 5.41. The molecule has 0 aromatic heterocycles. The molecule has 60 valence electrons. The second kappa shape index (κ2) is 6.78. The third-order valence-electron chi connectivity index (χ3n) is 1.49. The maximum absolute atomic E-state index is 5.41. The summed E-state index contributed by atoms with van der Waals surface area (Å²) in [6.45, 7) is 8.06. The van der Waals surface area contributed by atoms with E-state index < -0.39 is 0 Å². The second-order valence-corrected chi connectivity index (χ2v) is 2.25. The van der Waals surface area contributed by atoms with E-state index in [4.69, 9.17) is 5.73 Å². The summed E-state index contributed by atoms with van der Waals surface area (Å²) < 4.78 is 0. The molecule has 0 aliphatic carbocycles. The summed E-state index contributed by atoms with van der Waals surface area (Å²) in [7, 11) is 0. The number of nitrogens with zero attached hydrogens (tertiary/aromatic N) is 1. The van der Waals surface area contributed by atoms with Crippen LogP contribution < -0.4 is 5.73 Å². The molecule has 0 aliphatic rings. The minimum atomic E-state index is 0.755. The third-order valence-corrected chi connectivity index (χ3v) is 1.49. The third kappa shape index (κ3) is 4.53. The van der Waals surface area contributed by atoms with Crippen LogP contribution in [0.5, 0.6) is 0 Å². The first-order valence-corrected chi connectivity index (χ1v) is 3.88. The van der Waals surface area contributed by atoms with Gasteiger partial charge in [0.1, 0.15) is 0 Å². The Morgan fingerprint density at radius 1 is 1.50 bits per heavy atom. The topological polar surface area (TPSA) is 29.3 Å². The summed E-state index contributed by atoms with van der Waals surface area (Å²) in [6, 6.07) is 0. The Hall–Kier alpha value is -0.340. The Morgan fingerprint density at radius 2 is 2.20 bits per heavy atom. The van der Waals surface area contributed by atoms with Gasteiger partial charge in [0.05, 0.1) is 0 Å². The van der Waals surface area contributed by atoms with Crippen molar-refractivity contribution in [2.75, 3.05) is 26.2 Å². The van der Waals surface area contributed by atoms with E-state index >= 15 is 0 Å². The van der Waals surface area contributed by atoms with Crippen LogP contribution in [-0.2, 0) is 0 Å². The molecule has 0 bridgehead atoms. The van der Waals surface area contributed by atoms with Crippen LogP contribution >= 0.6 is 0 Å². The average Bonchev–Trinajstić information content (AvgIpc) is 1.98. The van der Waals surface area contributed by atoms with Gasteiger partial charge in [-0.3, -0.25) is 4.90 Å². The highest BCUT2D eigenvalue weighted by Crippen LogP contribution is 1.85. The molecular weight excluding hydrogens is 124 g/mol. The van der Waals surface area contributed by atoms with Crippen LogP contribution in [0.3, 0.4) is 0 Å². The zero-order valence-corrected chi connectivity index (χ0v) is 7.01. The van der Waals surface area contributed by atoms with Crippen molar-refractivity contribution in [2.24, 2.45) is 5.73 Å². The van der Waals surface area contributed by atoms with Crippen molar-refractivity contribution in [1.82, 2.24) is 4.90 Å². The van der Waals surface area contributed by atoms with Crippen LogP contribution in [0.15, 0.2) is 12.2 Å². The lowest BCUT2D eigenvalue weighted by molar-refractivity contribution is 0.328. The molecule has 0 amide bonds. The van der Waals surface area contributed by atoms with Crippen LogP contribution in [0.2, 0.25) is 0 Å². The second-order valence-electron chi connectivity index (χ2n) is 2.25. The lowest BCUT2D eigenvalue weighted by Gasteiger charge is -2.16. The van der Waals surface area contributed by atoms with Crippen molar-refractivity contribution in [3.63, 3.8) is 0 Å². The van der Waals surface area contributed by atoms with Gasteiger partial charge in [0.2, 0.25) is 0 Å². The zero-order chi connectivity index (χ0) is 7.82. The first-order chi connectivity index (χ1) is 4.85. The smallest absolute Gasteiger partial charge is 0.0163 e. The fourth-order valence-electron chi connectivity index (χ4n) is 0.816. The lowest BCUT2D eigenvalue weighted by atomic mass is 10.4. The summed E-state index contributed by atoms with van der Waals surface area (Å²) in [5, 5.41) is 0. The molecule has 0 heterocycles.